The van der Waals surface area contributed by atoms with Gasteiger partial charge in [-0.3, -0.25) is 9.59 Å². The number of esters is 1. The maximum absolute atomic E-state index is 12.7. The topological polar surface area (TPSA) is 68.7 Å². The number of piperidine rings is 1. The Kier molecular flexibility index (Phi) is 6.22. The third kappa shape index (κ3) is 4.60. The van der Waals surface area contributed by atoms with Crippen LogP contribution in [0.4, 0.5) is 0 Å². The van der Waals surface area contributed by atoms with Crippen LogP contribution in [-0.4, -0.2) is 41.5 Å². The van der Waals surface area contributed by atoms with Crippen molar-refractivity contribution in [3.63, 3.8) is 0 Å². The number of likely N-dealkylation sites (tertiary alicyclic amines) is 1. The minimum atomic E-state index is -0.228. The largest absolute Gasteiger partial charge is 0.487 e. The number of nitrogens with zero attached hydrogens (tertiary/aromatic N) is 2. The number of ether oxygens (including phenoxy) is 2. The molecule has 0 aliphatic carbocycles. The molecular formula is C19H22N2O4S. The fourth-order valence-electron chi connectivity index (χ4n) is 2.96. The van der Waals surface area contributed by atoms with Gasteiger partial charge < -0.3 is 14.4 Å². The van der Waals surface area contributed by atoms with Crippen LogP contribution in [0, 0.1) is 5.92 Å². The summed E-state index contributed by atoms with van der Waals surface area (Å²) in [6.45, 7) is 3.65. The van der Waals surface area contributed by atoms with E-state index >= 15 is 0 Å². The summed E-state index contributed by atoms with van der Waals surface area (Å²) in [4.78, 5) is 30.5. The lowest BCUT2D eigenvalue weighted by atomic mass is 9.97. The van der Waals surface area contributed by atoms with E-state index in [2.05, 4.69) is 4.98 Å². The summed E-state index contributed by atoms with van der Waals surface area (Å²) in [5.74, 6) is 0.187. The second kappa shape index (κ2) is 8.80. The maximum atomic E-state index is 12.7. The van der Waals surface area contributed by atoms with E-state index in [1.165, 1.54) is 11.3 Å². The lowest BCUT2D eigenvalue weighted by Crippen LogP contribution is -2.42. The van der Waals surface area contributed by atoms with Crippen molar-refractivity contribution < 1.29 is 19.1 Å². The van der Waals surface area contributed by atoms with Crippen LogP contribution in [0.2, 0.25) is 0 Å². The quantitative estimate of drug-likeness (QED) is 0.727. The Labute approximate surface area is 156 Å². The number of carbonyl (C=O) groups is 2. The molecule has 1 atom stereocenters. The predicted octanol–water partition coefficient (Wildman–Crippen LogP) is 3.14. The fraction of sp³-hybridized carbons (Fsp3) is 0.421. The van der Waals surface area contributed by atoms with Crippen LogP contribution in [0.1, 0.15) is 35.8 Å². The predicted molar refractivity (Wildman–Crippen MR) is 98.1 cm³/mol. The summed E-state index contributed by atoms with van der Waals surface area (Å²) in [6, 6.07) is 7.08. The molecule has 1 amide bonds. The number of amides is 1. The average molecular weight is 374 g/mol. The second-order valence-electron chi connectivity index (χ2n) is 6.14. The molecule has 0 radical (unpaired) electrons. The molecule has 1 aromatic heterocycles. The van der Waals surface area contributed by atoms with Crippen molar-refractivity contribution >= 4 is 23.2 Å². The molecule has 1 unspecified atom stereocenters. The van der Waals surface area contributed by atoms with E-state index in [1.54, 1.807) is 41.6 Å². The minimum Gasteiger partial charge on any atom is -0.487 e. The van der Waals surface area contributed by atoms with Crippen molar-refractivity contribution in [2.45, 2.75) is 26.4 Å². The lowest BCUT2D eigenvalue weighted by molar-refractivity contribution is -0.149. The van der Waals surface area contributed by atoms with Crippen LogP contribution in [-0.2, 0) is 16.1 Å². The Morgan fingerprint density at radius 3 is 2.81 bits per heavy atom. The Balaban J connectivity index is 1.57. The fourth-order valence-corrected chi connectivity index (χ4v) is 3.50. The van der Waals surface area contributed by atoms with Gasteiger partial charge in [0.15, 0.2) is 0 Å². The van der Waals surface area contributed by atoms with Gasteiger partial charge in [0.25, 0.3) is 5.91 Å². The number of benzene rings is 1. The molecule has 0 bridgehead atoms. The Morgan fingerprint density at radius 1 is 1.31 bits per heavy atom. The Morgan fingerprint density at radius 2 is 2.12 bits per heavy atom. The van der Waals surface area contributed by atoms with Crippen LogP contribution in [0.5, 0.6) is 5.75 Å². The molecule has 6 nitrogen and oxygen atoms in total. The zero-order valence-electron chi connectivity index (χ0n) is 14.7. The van der Waals surface area contributed by atoms with E-state index in [-0.39, 0.29) is 17.8 Å². The normalized spacial score (nSPS) is 17.0. The van der Waals surface area contributed by atoms with E-state index in [0.717, 1.165) is 18.5 Å². The van der Waals surface area contributed by atoms with Gasteiger partial charge in [-0.05, 0) is 44.0 Å². The molecule has 0 saturated carbocycles. The number of thiazole rings is 1. The van der Waals surface area contributed by atoms with Crippen LogP contribution in [0.15, 0.2) is 35.2 Å². The minimum absolute atomic E-state index is 0.0648. The Hall–Kier alpha value is -2.41. The van der Waals surface area contributed by atoms with Crippen molar-refractivity contribution in [1.82, 2.24) is 9.88 Å². The molecule has 1 fully saturated rings. The highest BCUT2D eigenvalue weighted by atomic mass is 32.1. The first-order valence-electron chi connectivity index (χ1n) is 8.73. The molecule has 1 aliphatic rings. The second-order valence-corrected chi connectivity index (χ2v) is 6.85. The molecule has 138 valence electrons. The van der Waals surface area contributed by atoms with Crippen LogP contribution in [0.25, 0.3) is 0 Å². The molecule has 3 rings (SSSR count). The summed E-state index contributed by atoms with van der Waals surface area (Å²) < 4.78 is 10.8. The van der Waals surface area contributed by atoms with Gasteiger partial charge in [-0.25, -0.2) is 4.98 Å². The van der Waals surface area contributed by atoms with E-state index in [4.69, 9.17) is 9.47 Å². The molecular weight excluding hydrogens is 352 g/mol. The first-order chi connectivity index (χ1) is 12.7. The summed E-state index contributed by atoms with van der Waals surface area (Å²) in [7, 11) is 0. The highest BCUT2D eigenvalue weighted by molar-refractivity contribution is 7.07. The smallest absolute Gasteiger partial charge is 0.310 e. The van der Waals surface area contributed by atoms with Gasteiger partial charge in [0.2, 0.25) is 0 Å². The van der Waals surface area contributed by atoms with Crippen molar-refractivity contribution in [3.8, 4) is 5.75 Å². The van der Waals surface area contributed by atoms with Gasteiger partial charge in [-0.2, -0.15) is 0 Å². The number of hydrogen-bond acceptors (Lipinski definition) is 6. The molecule has 7 heteroatoms. The molecule has 26 heavy (non-hydrogen) atoms. The monoisotopic (exact) mass is 374 g/mol. The number of rotatable bonds is 6. The van der Waals surface area contributed by atoms with Gasteiger partial charge in [0.05, 0.1) is 23.7 Å². The maximum Gasteiger partial charge on any atom is 0.310 e. The summed E-state index contributed by atoms with van der Waals surface area (Å²) in [5.41, 5.74) is 3.24. The highest BCUT2D eigenvalue weighted by Gasteiger charge is 2.29. The highest BCUT2D eigenvalue weighted by Crippen LogP contribution is 2.21. The van der Waals surface area contributed by atoms with Crippen LogP contribution >= 0.6 is 11.3 Å². The van der Waals surface area contributed by atoms with Gasteiger partial charge in [-0.1, -0.05) is 0 Å². The number of aromatic nitrogens is 1. The van der Waals surface area contributed by atoms with Crippen LogP contribution < -0.4 is 4.74 Å². The SMILES string of the molecule is CCOC(=O)C1CCCN(C(=O)c2ccc(OCc3cscn3)cc2)C1. The van der Waals surface area contributed by atoms with E-state index < -0.39 is 0 Å². The van der Waals surface area contributed by atoms with Crippen LogP contribution in [0.3, 0.4) is 0 Å². The van der Waals surface area contributed by atoms with E-state index in [0.29, 0.717) is 37.6 Å². The molecule has 1 saturated heterocycles. The molecule has 2 heterocycles. The van der Waals surface area contributed by atoms with Crippen molar-refractivity contribution in [3.05, 3.63) is 46.4 Å². The van der Waals surface area contributed by atoms with E-state index in [9.17, 15) is 9.59 Å². The van der Waals surface area contributed by atoms with Gasteiger partial charge in [-0.15, -0.1) is 11.3 Å². The molecule has 0 N–H and O–H groups in total. The zero-order chi connectivity index (χ0) is 18.4. The zero-order valence-corrected chi connectivity index (χ0v) is 15.5. The first kappa shape index (κ1) is 18.4. The number of carbonyl (C=O) groups excluding carboxylic acids is 2. The summed E-state index contributed by atoms with van der Waals surface area (Å²) in [6.07, 6.45) is 1.58. The number of hydrogen-bond donors (Lipinski definition) is 0. The molecule has 1 aliphatic heterocycles. The molecule has 1 aromatic carbocycles. The third-order valence-electron chi connectivity index (χ3n) is 4.30. The van der Waals surface area contributed by atoms with Crippen molar-refractivity contribution in [1.29, 1.82) is 0 Å². The lowest BCUT2D eigenvalue weighted by Gasteiger charge is -2.31. The van der Waals surface area contributed by atoms with E-state index in [1.807, 2.05) is 5.38 Å². The Bertz CT molecular complexity index is 731. The van der Waals surface area contributed by atoms with Gasteiger partial charge in [0, 0.05) is 24.0 Å². The summed E-state index contributed by atoms with van der Waals surface area (Å²) in [5, 5.41) is 1.94. The average Bonchev–Trinajstić information content (AvgIpc) is 3.20. The summed E-state index contributed by atoms with van der Waals surface area (Å²) >= 11 is 1.53. The molecule has 0 spiro atoms. The van der Waals surface area contributed by atoms with Gasteiger partial charge >= 0.3 is 5.97 Å². The third-order valence-corrected chi connectivity index (χ3v) is 4.94. The first-order valence-corrected chi connectivity index (χ1v) is 9.67. The van der Waals surface area contributed by atoms with Gasteiger partial charge in [0.1, 0.15) is 12.4 Å². The standard InChI is InChI=1S/C19H22N2O4S/c1-2-24-19(23)15-4-3-9-21(10-15)18(22)14-5-7-17(8-6-14)25-11-16-12-26-13-20-16/h5-8,12-13,15H,2-4,9-11H2,1H3. The van der Waals surface area contributed by atoms with Crippen molar-refractivity contribution in [2.24, 2.45) is 5.92 Å². The van der Waals surface area contributed by atoms with Crippen molar-refractivity contribution in [2.75, 3.05) is 19.7 Å². The molecule has 2 aromatic rings.